The summed E-state index contributed by atoms with van der Waals surface area (Å²) in [5.41, 5.74) is 2.79. The molecule has 0 aliphatic heterocycles. The smallest absolute Gasteiger partial charge is 0.258 e. The zero-order valence-corrected chi connectivity index (χ0v) is 15.4. The zero-order valence-electron chi connectivity index (χ0n) is 13.9. The van der Waals surface area contributed by atoms with E-state index in [2.05, 4.69) is 10.6 Å². The minimum absolute atomic E-state index is 0.154. The third-order valence-electron chi connectivity index (χ3n) is 3.58. The Morgan fingerprint density at radius 1 is 1.08 bits per heavy atom. The molecular weight excluding hydrogens is 363 g/mol. The first-order valence-corrected chi connectivity index (χ1v) is 8.33. The highest BCUT2D eigenvalue weighted by molar-refractivity contribution is 6.34. The lowest BCUT2D eigenvalue weighted by Crippen LogP contribution is -2.35. The van der Waals surface area contributed by atoms with Gasteiger partial charge in [0, 0.05) is 16.8 Å². The van der Waals surface area contributed by atoms with E-state index in [1.54, 1.807) is 12.1 Å². The van der Waals surface area contributed by atoms with E-state index in [-0.39, 0.29) is 19.1 Å². The highest BCUT2D eigenvalue weighted by Gasteiger charge is 2.10. The summed E-state index contributed by atoms with van der Waals surface area (Å²) in [6.07, 6.45) is 0. The summed E-state index contributed by atoms with van der Waals surface area (Å²) in [7, 11) is 0. The van der Waals surface area contributed by atoms with E-state index in [4.69, 9.17) is 27.9 Å². The molecule has 0 bridgehead atoms. The second kappa shape index (κ2) is 8.74. The molecule has 7 heteroatoms. The number of rotatable bonds is 6. The van der Waals surface area contributed by atoms with Crippen molar-refractivity contribution in [2.75, 3.05) is 18.5 Å². The summed E-state index contributed by atoms with van der Waals surface area (Å²) in [4.78, 5) is 23.7. The lowest BCUT2D eigenvalue weighted by Gasteiger charge is -2.11. The van der Waals surface area contributed by atoms with Crippen molar-refractivity contribution in [3.63, 3.8) is 0 Å². The van der Waals surface area contributed by atoms with Crippen LogP contribution in [0.5, 0.6) is 5.75 Å². The summed E-state index contributed by atoms with van der Waals surface area (Å²) < 4.78 is 5.30. The summed E-state index contributed by atoms with van der Waals surface area (Å²) in [5.74, 6) is -0.445. The second-order valence-electron chi connectivity index (χ2n) is 5.44. The lowest BCUT2D eigenvalue weighted by atomic mass is 10.1. The topological polar surface area (TPSA) is 67.4 Å². The van der Waals surface area contributed by atoms with Crippen LogP contribution in [-0.2, 0) is 9.59 Å². The van der Waals surface area contributed by atoms with Crippen molar-refractivity contribution in [3.05, 3.63) is 57.6 Å². The third-order valence-corrected chi connectivity index (χ3v) is 4.12. The van der Waals surface area contributed by atoms with Gasteiger partial charge in [-0.25, -0.2) is 0 Å². The largest absolute Gasteiger partial charge is 0.482 e. The molecule has 2 rings (SSSR count). The Morgan fingerprint density at radius 3 is 2.60 bits per heavy atom. The molecule has 132 valence electrons. The number of ether oxygens (including phenoxy) is 1. The number of carbonyl (C=O) groups excluding carboxylic acids is 2. The molecule has 2 aromatic rings. The maximum absolute atomic E-state index is 11.9. The van der Waals surface area contributed by atoms with Crippen molar-refractivity contribution in [1.82, 2.24) is 5.32 Å². The molecule has 25 heavy (non-hydrogen) atoms. The van der Waals surface area contributed by atoms with Gasteiger partial charge < -0.3 is 15.4 Å². The minimum Gasteiger partial charge on any atom is -0.482 e. The molecule has 2 aromatic carbocycles. The molecule has 0 radical (unpaired) electrons. The standard InChI is InChI=1S/C18H18Cl2N2O3/c1-11-4-3-5-15(12(11)2)22-17(23)9-21-18(24)10-25-16-8-13(19)6-7-14(16)20/h3-8H,9-10H2,1-2H3,(H,21,24)(H,22,23). The maximum Gasteiger partial charge on any atom is 0.258 e. The Labute approximate surface area is 156 Å². The highest BCUT2D eigenvalue weighted by atomic mass is 35.5. The van der Waals surface area contributed by atoms with Gasteiger partial charge in [-0.1, -0.05) is 35.3 Å². The Balaban J connectivity index is 1.80. The van der Waals surface area contributed by atoms with Gasteiger partial charge in [0.1, 0.15) is 5.75 Å². The van der Waals surface area contributed by atoms with E-state index in [0.717, 1.165) is 16.8 Å². The quantitative estimate of drug-likeness (QED) is 0.801. The van der Waals surface area contributed by atoms with Crippen LogP contribution in [0.2, 0.25) is 10.0 Å². The average Bonchev–Trinajstić information content (AvgIpc) is 2.58. The molecule has 2 N–H and O–H groups in total. The van der Waals surface area contributed by atoms with Crippen molar-refractivity contribution in [3.8, 4) is 5.75 Å². The van der Waals surface area contributed by atoms with E-state index in [1.165, 1.54) is 6.07 Å². The Morgan fingerprint density at radius 2 is 1.84 bits per heavy atom. The van der Waals surface area contributed by atoms with Gasteiger partial charge in [0.25, 0.3) is 5.91 Å². The fourth-order valence-corrected chi connectivity index (χ4v) is 2.38. The lowest BCUT2D eigenvalue weighted by molar-refractivity contribution is -0.125. The molecule has 0 saturated heterocycles. The molecular formula is C18H18Cl2N2O3. The molecule has 0 aliphatic rings. The maximum atomic E-state index is 11.9. The van der Waals surface area contributed by atoms with Crippen LogP contribution in [0, 0.1) is 13.8 Å². The fraction of sp³-hybridized carbons (Fsp3) is 0.222. The first-order chi connectivity index (χ1) is 11.9. The highest BCUT2D eigenvalue weighted by Crippen LogP contribution is 2.27. The van der Waals surface area contributed by atoms with Crippen LogP contribution < -0.4 is 15.4 Å². The monoisotopic (exact) mass is 380 g/mol. The number of amides is 2. The molecule has 0 unspecified atom stereocenters. The average molecular weight is 381 g/mol. The summed E-state index contributed by atoms with van der Waals surface area (Å²) in [5, 5.41) is 6.06. The van der Waals surface area contributed by atoms with Gasteiger partial charge in [-0.2, -0.15) is 0 Å². The number of hydrogen-bond donors (Lipinski definition) is 2. The summed E-state index contributed by atoms with van der Waals surface area (Å²) in [6, 6.07) is 10.4. The molecule has 0 aliphatic carbocycles. The van der Waals surface area contributed by atoms with Gasteiger partial charge in [-0.3, -0.25) is 9.59 Å². The predicted octanol–water partition coefficient (Wildman–Crippen LogP) is 3.74. The van der Waals surface area contributed by atoms with Crippen LogP contribution in [-0.4, -0.2) is 25.0 Å². The Hall–Kier alpha value is -2.24. The van der Waals surface area contributed by atoms with Gasteiger partial charge in [-0.05, 0) is 43.2 Å². The molecule has 0 saturated carbocycles. The summed E-state index contributed by atoms with van der Waals surface area (Å²) in [6.45, 7) is 3.47. The minimum atomic E-state index is -0.438. The number of aryl methyl sites for hydroxylation is 1. The van der Waals surface area contributed by atoms with Crippen LogP contribution in [0.3, 0.4) is 0 Å². The van der Waals surface area contributed by atoms with Crippen LogP contribution in [0.15, 0.2) is 36.4 Å². The fourth-order valence-electron chi connectivity index (χ4n) is 2.04. The number of anilines is 1. The van der Waals surface area contributed by atoms with E-state index < -0.39 is 5.91 Å². The Kier molecular flexibility index (Phi) is 6.67. The molecule has 0 heterocycles. The number of carbonyl (C=O) groups is 2. The SMILES string of the molecule is Cc1cccc(NC(=O)CNC(=O)COc2cc(Cl)ccc2Cl)c1C. The van der Waals surface area contributed by atoms with Gasteiger partial charge in [0.15, 0.2) is 6.61 Å². The van der Waals surface area contributed by atoms with Gasteiger partial charge in [0.05, 0.1) is 11.6 Å². The van der Waals surface area contributed by atoms with Crippen molar-refractivity contribution in [2.24, 2.45) is 0 Å². The first-order valence-electron chi connectivity index (χ1n) is 7.57. The van der Waals surface area contributed by atoms with E-state index in [9.17, 15) is 9.59 Å². The van der Waals surface area contributed by atoms with Gasteiger partial charge in [-0.15, -0.1) is 0 Å². The summed E-state index contributed by atoms with van der Waals surface area (Å²) >= 11 is 11.8. The number of benzene rings is 2. The van der Waals surface area contributed by atoms with Crippen LogP contribution in [0.25, 0.3) is 0 Å². The van der Waals surface area contributed by atoms with Gasteiger partial charge >= 0.3 is 0 Å². The van der Waals surface area contributed by atoms with E-state index >= 15 is 0 Å². The van der Waals surface area contributed by atoms with Crippen molar-refractivity contribution < 1.29 is 14.3 Å². The molecule has 2 amide bonds. The number of hydrogen-bond acceptors (Lipinski definition) is 3. The van der Waals surface area contributed by atoms with E-state index in [0.29, 0.717) is 15.8 Å². The van der Waals surface area contributed by atoms with Crippen molar-refractivity contribution >= 4 is 40.7 Å². The molecule has 5 nitrogen and oxygen atoms in total. The van der Waals surface area contributed by atoms with Crippen molar-refractivity contribution in [1.29, 1.82) is 0 Å². The van der Waals surface area contributed by atoms with Crippen LogP contribution in [0.1, 0.15) is 11.1 Å². The molecule has 0 fully saturated rings. The molecule has 0 atom stereocenters. The first kappa shape index (κ1) is 19.1. The van der Waals surface area contributed by atoms with Gasteiger partial charge in [0.2, 0.25) is 5.91 Å². The Bertz CT molecular complexity index is 794. The van der Waals surface area contributed by atoms with Crippen LogP contribution >= 0.6 is 23.2 Å². The number of halogens is 2. The number of nitrogens with one attached hydrogen (secondary N) is 2. The second-order valence-corrected chi connectivity index (χ2v) is 6.28. The normalized spacial score (nSPS) is 10.2. The molecule has 0 aromatic heterocycles. The predicted molar refractivity (Wildman–Crippen MR) is 99.5 cm³/mol. The zero-order chi connectivity index (χ0) is 18.4. The van der Waals surface area contributed by atoms with E-state index in [1.807, 2.05) is 32.0 Å². The van der Waals surface area contributed by atoms with Crippen molar-refractivity contribution in [2.45, 2.75) is 13.8 Å². The third kappa shape index (κ3) is 5.66. The molecule has 0 spiro atoms. The van der Waals surface area contributed by atoms with Crippen LogP contribution in [0.4, 0.5) is 5.69 Å².